The first-order valence-electron chi connectivity index (χ1n) is 10.0. The van der Waals surface area contributed by atoms with E-state index in [2.05, 4.69) is 5.32 Å². The Morgan fingerprint density at radius 3 is 2.29 bits per heavy atom. The maximum atomic E-state index is 13.7. The van der Waals surface area contributed by atoms with Gasteiger partial charge >= 0.3 is 0 Å². The molecular weight excluding hydrogens is 376 g/mol. The first-order chi connectivity index (χ1) is 13.2. The summed E-state index contributed by atoms with van der Waals surface area (Å²) in [5, 5.41) is 2.84. The molecule has 1 atom stereocenters. The Kier molecular flexibility index (Phi) is 8.04. The van der Waals surface area contributed by atoms with Gasteiger partial charge in [0.2, 0.25) is 15.9 Å². The quantitative estimate of drug-likeness (QED) is 0.715. The Morgan fingerprint density at radius 2 is 1.75 bits per heavy atom. The van der Waals surface area contributed by atoms with Crippen LogP contribution in [-0.2, 0) is 19.6 Å². The lowest BCUT2D eigenvalue weighted by Gasteiger charge is -2.34. The van der Waals surface area contributed by atoms with E-state index in [0.29, 0.717) is 11.5 Å². The van der Waals surface area contributed by atoms with Crippen LogP contribution in [0, 0.1) is 20.8 Å². The van der Waals surface area contributed by atoms with Gasteiger partial charge in [-0.25, -0.2) is 8.42 Å². The van der Waals surface area contributed by atoms with Gasteiger partial charge in [0.25, 0.3) is 0 Å². The van der Waals surface area contributed by atoms with Gasteiger partial charge in [-0.2, -0.15) is 4.31 Å². The summed E-state index contributed by atoms with van der Waals surface area (Å²) < 4.78 is 33.8. The Morgan fingerprint density at radius 1 is 1.18 bits per heavy atom. The highest BCUT2D eigenvalue weighted by molar-refractivity contribution is 7.89. The Hall–Kier alpha value is -1.44. The van der Waals surface area contributed by atoms with Crippen molar-refractivity contribution in [3.8, 4) is 0 Å². The van der Waals surface area contributed by atoms with Crippen LogP contribution in [0.25, 0.3) is 0 Å². The van der Waals surface area contributed by atoms with Gasteiger partial charge in [0.15, 0.2) is 0 Å². The highest BCUT2D eigenvalue weighted by atomic mass is 32.2. The van der Waals surface area contributed by atoms with E-state index in [9.17, 15) is 13.2 Å². The maximum Gasteiger partial charge on any atom is 0.244 e. The molecule has 1 amide bonds. The standard InChI is InChI=1S/C21H34N2O4S/c1-15-11-16(2)21(17(3)12-15)28(25,26)23(19-9-7-6-8-10-19)13-20(24)22-18(4)14-27-5/h11-12,18-19H,6-10,13-14H2,1-5H3,(H,22,24)/t18-/m0/s1. The van der Waals surface area contributed by atoms with Gasteiger partial charge in [0.05, 0.1) is 18.0 Å². The van der Waals surface area contributed by atoms with E-state index in [0.717, 1.165) is 48.8 Å². The molecule has 0 unspecified atom stereocenters. The molecular formula is C21H34N2O4S. The fraction of sp³-hybridized carbons (Fsp3) is 0.667. The third-order valence-electron chi connectivity index (χ3n) is 5.28. The predicted octanol–water partition coefficient (Wildman–Crippen LogP) is 3.09. The zero-order valence-corrected chi connectivity index (χ0v) is 18.6. The van der Waals surface area contributed by atoms with Gasteiger partial charge in [-0.1, -0.05) is 37.0 Å². The highest BCUT2D eigenvalue weighted by Gasteiger charge is 2.35. The monoisotopic (exact) mass is 410 g/mol. The molecule has 0 spiro atoms. The van der Waals surface area contributed by atoms with E-state index in [1.54, 1.807) is 7.11 Å². The van der Waals surface area contributed by atoms with Crippen molar-refractivity contribution in [2.24, 2.45) is 0 Å². The van der Waals surface area contributed by atoms with Crippen LogP contribution in [-0.4, -0.2) is 51.0 Å². The number of rotatable bonds is 8. The molecule has 6 nitrogen and oxygen atoms in total. The first kappa shape index (κ1) is 22.8. The van der Waals surface area contributed by atoms with E-state index in [1.807, 2.05) is 39.8 Å². The molecule has 7 heteroatoms. The smallest absolute Gasteiger partial charge is 0.244 e. The molecule has 0 bridgehead atoms. The fourth-order valence-electron chi connectivity index (χ4n) is 4.22. The summed E-state index contributed by atoms with van der Waals surface area (Å²) in [7, 11) is -2.21. The zero-order valence-electron chi connectivity index (χ0n) is 17.7. The van der Waals surface area contributed by atoms with Gasteiger partial charge in [0, 0.05) is 19.2 Å². The molecule has 0 heterocycles. The number of nitrogens with zero attached hydrogens (tertiary/aromatic N) is 1. The molecule has 1 aliphatic carbocycles. The summed E-state index contributed by atoms with van der Waals surface area (Å²) in [6, 6.07) is 3.47. The number of ether oxygens (including phenoxy) is 1. The number of aryl methyl sites for hydroxylation is 3. The number of carbonyl (C=O) groups is 1. The maximum absolute atomic E-state index is 13.7. The van der Waals surface area contributed by atoms with Crippen LogP contribution < -0.4 is 5.32 Å². The van der Waals surface area contributed by atoms with Crippen molar-refractivity contribution in [1.29, 1.82) is 0 Å². The van der Waals surface area contributed by atoms with Crippen molar-refractivity contribution in [3.05, 3.63) is 28.8 Å². The molecule has 2 rings (SSSR count). The molecule has 1 aromatic carbocycles. The van der Waals surface area contributed by atoms with Crippen LogP contribution in [0.15, 0.2) is 17.0 Å². The van der Waals surface area contributed by atoms with E-state index in [-0.39, 0.29) is 24.5 Å². The molecule has 0 saturated heterocycles. The van der Waals surface area contributed by atoms with E-state index in [4.69, 9.17) is 4.74 Å². The molecule has 28 heavy (non-hydrogen) atoms. The second-order valence-corrected chi connectivity index (χ2v) is 9.82. The first-order valence-corrected chi connectivity index (χ1v) is 11.5. The number of benzene rings is 1. The molecule has 1 fully saturated rings. The normalized spacial score (nSPS) is 16.9. The number of methoxy groups -OCH3 is 1. The van der Waals surface area contributed by atoms with E-state index >= 15 is 0 Å². The number of sulfonamides is 1. The Balaban J connectivity index is 2.36. The third kappa shape index (κ3) is 5.55. The van der Waals surface area contributed by atoms with E-state index < -0.39 is 10.0 Å². The van der Waals surface area contributed by atoms with Gasteiger partial charge in [0.1, 0.15) is 0 Å². The van der Waals surface area contributed by atoms with Crippen molar-refractivity contribution in [2.45, 2.75) is 76.8 Å². The third-order valence-corrected chi connectivity index (χ3v) is 7.48. The Bertz CT molecular complexity index is 763. The van der Waals surface area contributed by atoms with Crippen LogP contribution in [0.4, 0.5) is 0 Å². The van der Waals surface area contributed by atoms with Gasteiger partial charge in [-0.05, 0) is 51.7 Å². The minimum atomic E-state index is -3.78. The van der Waals surface area contributed by atoms with Crippen molar-refractivity contribution >= 4 is 15.9 Å². The van der Waals surface area contributed by atoms with Gasteiger partial charge < -0.3 is 10.1 Å². The molecule has 1 aliphatic rings. The fourth-order valence-corrected chi connectivity index (χ4v) is 6.28. The second-order valence-electron chi connectivity index (χ2n) is 7.99. The lowest BCUT2D eigenvalue weighted by atomic mass is 9.95. The highest BCUT2D eigenvalue weighted by Crippen LogP contribution is 2.31. The van der Waals surface area contributed by atoms with Gasteiger partial charge in [-0.3, -0.25) is 4.79 Å². The summed E-state index contributed by atoms with van der Waals surface area (Å²) in [4.78, 5) is 12.9. The minimum Gasteiger partial charge on any atom is -0.383 e. The summed E-state index contributed by atoms with van der Waals surface area (Å²) in [6.45, 7) is 7.68. The lowest BCUT2D eigenvalue weighted by Crippen LogP contribution is -2.49. The van der Waals surface area contributed by atoms with Crippen LogP contribution in [0.3, 0.4) is 0 Å². The van der Waals surface area contributed by atoms with Crippen molar-refractivity contribution in [1.82, 2.24) is 9.62 Å². The lowest BCUT2D eigenvalue weighted by molar-refractivity contribution is -0.122. The number of nitrogens with one attached hydrogen (secondary N) is 1. The molecule has 158 valence electrons. The largest absolute Gasteiger partial charge is 0.383 e. The molecule has 1 saturated carbocycles. The van der Waals surface area contributed by atoms with Crippen molar-refractivity contribution in [3.63, 3.8) is 0 Å². The molecule has 1 aromatic rings. The molecule has 0 radical (unpaired) electrons. The topological polar surface area (TPSA) is 75.7 Å². The summed E-state index contributed by atoms with van der Waals surface area (Å²) in [5.41, 5.74) is 2.49. The van der Waals surface area contributed by atoms with Crippen LogP contribution >= 0.6 is 0 Å². The average Bonchev–Trinajstić information content (AvgIpc) is 2.59. The summed E-state index contributed by atoms with van der Waals surface area (Å²) in [6.07, 6.45) is 4.69. The SMILES string of the molecule is COC[C@H](C)NC(=O)CN(C1CCCCC1)S(=O)(=O)c1c(C)cc(C)cc1C. The summed E-state index contributed by atoms with van der Waals surface area (Å²) in [5.74, 6) is -0.291. The number of carbonyl (C=O) groups excluding carboxylic acids is 1. The molecule has 0 aromatic heterocycles. The van der Waals surface area contributed by atoms with Crippen LogP contribution in [0.1, 0.15) is 55.7 Å². The number of hydrogen-bond acceptors (Lipinski definition) is 4. The number of hydrogen-bond donors (Lipinski definition) is 1. The zero-order chi connectivity index (χ0) is 20.9. The van der Waals surface area contributed by atoms with Crippen LogP contribution in [0.5, 0.6) is 0 Å². The molecule has 0 aliphatic heterocycles. The van der Waals surface area contributed by atoms with Gasteiger partial charge in [-0.15, -0.1) is 0 Å². The van der Waals surface area contributed by atoms with E-state index in [1.165, 1.54) is 4.31 Å². The molecule has 1 N–H and O–H groups in total. The second kappa shape index (κ2) is 9.85. The minimum absolute atomic E-state index is 0.137. The van der Waals surface area contributed by atoms with Crippen molar-refractivity contribution in [2.75, 3.05) is 20.3 Å². The Labute approximate surface area is 169 Å². The number of amides is 1. The van der Waals surface area contributed by atoms with Crippen molar-refractivity contribution < 1.29 is 17.9 Å². The predicted molar refractivity (Wildman–Crippen MR) is 111 cm³/mol. The van der Waals surface area contributed by atoms with Crippen LogP contribution in [0.2, 0.25) is 0 Å². The summed E-state index contributed by atoms with van der Waals surface area (Å²) >= 11 is 0. The average molecular weight is 411 g/mol.